The molecule has 0 saturated heterocycles. The van der Waals surface area contributed by atoms with Gasteiger partial charge in [0.1, 0.15) is 5.82 Å². The van der Waals surface area contributed by atoms with Crippen molar-refractivity contribution >= 4 is 11.8 Å². The zero-order valence-electron chi connectivity index (χ0n) is 10.1. The summed E-state index contributed by atoms with van der Waals surface area (Å²) in [6.45, 7) is 0. The summed E-state index contributed by atoms with van der Waals surface area (Å²) in [6.07, 6.45) is 6.50. The van der Waals surface area contributed by atoms with E-state index in [0.29, 0.717) is 12.8 Å². The van der Waals surface area contributed by atoms with Crippen molar-refractivity contribution in [1.29, 1.82) is 0 Å². The monoisotopic (exact) mass is 249 g/mol. The van der Waals surface area contributed by atoms with Gasteiger partial charge in [-0.15, -0.1) is 0 Å². The summed E-state index contributed by atoms with van der Waals surface area (Å²) < 4.78 is 6.14. The summed E-state index contributed by atoms with van der Waals surface area (Å²) in [7, 11) is 1.37. The number of aromatic nitrogens is 2. The lowest BCUT2D eigenvalue weighted by Crippen LogP contribution is -2.26. The molecule has 1 aromatic heterocycles. The summed E-state index contributed by atoms with van der Waals surface area (Å²) >= 11 is 0. The first-order valence-corrected chi connectivity index (χ1v) is 5.70. The summed E-state index contributed by atoms with van der Waals surface area (Å²) in [5.74, 6) is 0.0734. The van der Waals surface area contributed by atoms with E-state index in [1.807, 2.05) is 12.2 Å². The highest BCUT2D eigenvalue weighted by atomic mass is 16.5. The molecule has 1 aromatic rings. The Morgan fingerprint density at radius 1 is 1.61 bits per heavy atom. The molecule has 6 nitrogen and oxygen atoms in total. The molecular weight excluding hydrogens is 234 g/mol. The number of hydrogen-bond acceptors (Lipinski definition) is 5. The number of carbonyl (C=O) groups is 1. The van der Waals surface area contributed by atoms with Gasteiger partial charge in [-0.3, -0.25) is 9.36 Å². The smallest absolute Gasteiger partial charge is 0.350 e. The van der Waals surface area contributed by atoms with Crippen molar-refractivity contribution in [2.24, 2.45) is 5.92 Å². The van der Waals surface area contributed by atoms with E-state index in [0.717, 1.165) is 0 Å². The molecule has 1 heterocycles. The summed E-state index contributed by atoms with van der Waals surface area (Å²) in [4.78, 5) is 26.5. The van der Waals surface area contributed by atoms with Crippen molar-refractivity contribution in [3.63, 3.8) is 0 Å². The van der Waals surface area contributed by atoms with E-state index >= 15 is 0 Å². The molecule has 2 rings (SSSR count). The molecule has 2 N–H and O–H groups in total. The Hall–Kier alpha value is -2.11. The van der Waals surface area contributed by atoms with E-state index in [1.165, 1.54) is 11.7 Å². The minimum absolute atomic E-state index is 0.0692. The molecule has 2 atom stereocenters. The number of allylic oxidation sites excluding steroid dienone is 2. The highest BCUT2D eigenvalue weighted by Crippen LogP contribution is 2.29. The summed E-state index contributed by atoms with van der Waals surface area (Å²) in [5.41, 5.74) is 5.06. The van der Waals surface area contributed by atoms with Crippen LogP contribution in [0, 0.1) is 5.92 Å². The number of ether oxygens (including phenoxy) is 1. The maximum Gasteiger partial charge on any atom is 0.350 e. The SMILES string of the molecule is COC(=O)C[C@@H]1C=C[C@H](n2ccc(N)nc2=O)C1. The number of nitrogen functional groups attached to an aromatic ring is 1. The fourth-order valence-electron chi connectivity index (χ4n) is 2.09. The molecule has 0 spiro atoms. The third-order valence-electron chi connectivity index (χ3n) is 3.02. The van der Waals surface area contributed by atoms with Gasteiger partial charge < -0.3 is 10.5 Å². The van der Waals surface area contributed by atoms with Crippen molar-refractivity contribution in [3.05, 3.63) is 34.9 Å². The number of rotatable bonds is 3. The minimum Gasteiger partial charge on any atom is -0.469 e. The quantitative estimate of drug-likeness (QED) is 0.622. The number of anilines is 1. The van der Waals surface area contributed by atoms with Crippen LogP contribution in [0.3, 0.4) is 0 Å². The van der Waals surface area contributed by atoms with Gasteiger partial charge in [0.2, 0.25) is 0 Å². The second-order valence-corrected chi connectivity index (χ2v) is 4.27. The van der Waals surface area contributed by atoms with Gasteiger partial charge in [0.15, 0.2) is 0 Å². The van der Waals surface area contributed by atoms with Crippen LogP contribution < -0.4 is 11.4 Å². The molecule has 96 valence electrons. The molecule has 0 radical (unpaired) electrons. The van der Waals surface area contributed by atoms with Crippen LogP contribution in [-0.4, -0.2) is 22.6 Å². The Kier molecular flexibility index (Phi) is 3.45. The van der Waals surface area contributed by atoms with Gasteiger partial charge in [-0.1, -0.05) is 12.2 Å². The number of nitrogens with two attached hydrogens (primary N) is 1. The van der Waals surface area contributed by atoms with Crippen molar-refractivity contribution < 1.29 is 9.53 Å². The average Bonchev–Trinajstić information content (AvgIpc) is 2.77. The maximum atomic E-state index is 11.7. The molecule has 0 saturated carbocycles. The fraction of sp³-hybridized carbons (Fsp3) is 0.417. The van der Waals surface area contributed by atoms with Crippen molar-refractivity contribution in [2.75, 3.05) is 12.8 Å². The van der Waals surface area contributed by atoms with Gasteiger partial charge in [0.05, 0.1) is 19.6 Å². The first-order valence-electron chi connectivity index (χ1n) is 5.70. The molecule has 18 heavy (non-hydrogen) atoms. The van der Waals surface area contributed by atoms with E-state index in [-0.39, 0.29) is 29.4 Å². The van der Waals surface area contributed by atoms with Crippen molar-refractivity contribution in [2.45, 2.75) is 18.9 Å². The Morgan fingerprint density at radius 2 is 2.39 bits per heavy atom. The van der Waals surface area contributed by atoms with Crippen LogP contribution >= 0.6 is 0 Å². The van der Waals surface area contributed by atoms with E-state index in [4.69, 9.17) is 5.73 Å². The third kappa shape index (κ3) is 2.58. The van der Waals surface area contributed by atoms with E-state index in [1.54, 1.807) is 12.3 Å². The molecule has 0 bridgehead atoms. The number of esters is 1. The Labute approximate surface area is 104 Å². The molecule has 0 aromatic carbocycles. The van der Waals surface area contributed by atoms with Gasteiger partial charge in [-0.2, -0.15) is 4.98 Å². The lowest BCUT2D eigenvalue weighted by atomic mass is 10.0. The number of carbonyl (C=O) groups excluding carboxylic acids is 1. The highest BCUT2D eigenvalue weighted by molar-refractivity contribution is 5.69. The average molecular weight is 249 g/mol. The van der Waals surface area contributed by atoms with Crippen LogP contribution in [0.5, 0.6) is 0 Å². The van der Waals surface area contributed by atoms with Crippen molar-refractivity contribution in [3.8, 4) is 0 Å². The second-order valence-electron chi connectivity index (χ2n) is 4.27. The Balaban J connectivity index is 2.07. The van der Waals surface area contributed by atoms with E-state index in [2.05, 4.69) is 9.72 Å². The highest BCUT2D eigenvalue weighted by Gasteiger charge is 2.23. The zero-order valence-corrected chi connectivity index (χ0v) is 10.1. The van der Waals surface area contributed by atoms with Gasteiger partial charge in [0.25, 0.3) is 0 Å². The minimum atomic E-state index is -0.372. The van der Waals surface area contributed by atoms with Crippen LogP contribution in [0.4, 0.5) is 5.82 Å². The molecule has 0 fully saturated rings. The lowest BCUT2D eigenvalue weighted by Gasteiger charge is -2.13. The molecule has 0 unspecified atom stereocenters. The standard InChI is InChI=1S/C12H15N3O3/c1-18-11(16)7-8-2-3-9(6-8)15-5-4-10(13)14-12(15)17/h2-5,8-9H,6-7H2,1H3,(H2,13,14,17)/t8-,9+/m1/s1. The number of nitrogens with zero attached hydrogens (tertiary/aromatic N) is 2. The largest absolute Gasteiger partial charge is 0.469 e. The summed E-state index contributed by atoms with van der Waals surface area (Å²) in [5, 5.41) is 0. The predicted molar refractivity (Wildman–Crippen MR) is 65.8 cm³/mol. The van der Waals surface area contributed by atoms with Gasteiger partial charge >= 0.3 is 11.7 Å². The van der Waals surface area contributed by atoms with Crippen LogP contribution in [0.2, 0.25) is 0 Å². The molecular formula is C12H15N3O3. The number of methoxy groups -OCH3 is 1. The van der Waals surface area contributed by atoms with E-state index < -0.39 is 0 Å². The van der Waals surface area contributed by atoms with Crippen molar-refractivity contribution in [1.82, 2.24) is 9.55 Å². The molecule has 1 aliphatic carbocycles. The molecule has 0 amide bonds. The lowest BCUT2D eigenvalue weighted by molar-refractivity contribution is -0.141. The summed E-state index contributed by atoms with van der Waals surface area (Å²) in [6, 6.07) is 1.52. The molecule has 0 aliphatic heterocycles. The maximum absolute atomic E-state index is 11.7. The fourth-order valence-corrected chi connectivity index (χ4v) is 2.09. The molecule has 1 aliphatic rings. The second kappa shape index (κ2) is 5.03. The van der Waals surface area contributed by atoms with Gasteiger partial charge in [-0.25, -0.2) is 4.79 Å². The topological polar surface area (TPSA) is 87.2 Å². The Morgan fingerprint density at radius 3 is 3.06 bits per heavy atom. The van der Waals surface area contributed by atoms with Crippen LogP contribution in [0.1, 0.15) is 18.9 Å². The van der Waals surface area contributed by atoms with E-state index in [9.17, 15) is 9.59 Å². The Bertz CT molecular complexity index is 536. The first kappa shape index (κ1) is 12.3. The zero-order chi connectivity index (χ0) is 13.1. The van der Waals surface area contributed by atoms with Gasteiger partial charge in [0, 0.05) is 6.20 Å². The van der Waals surface area contributed by atoms with Gasteiger partial charge in [-0.05, 0) is 18.4 Å². The predicted octanol–water partition coefficient (Wildman–Crippen LogP) is 0.506. The normalized spacial score (nSPS) is 22.1. The third-order valence-corrected chi connectivity index (χ3v) is 3.02. The van der Waals surface area contributed by atoms with Crippen LogP contribution in [-0.2, 0) is 9.53 Å². The first-order chi connectivity index (χ1) is 8.60. The van der Waals surface area contributed by atoms with Crippen LogP contribution in [0.25, 0.3) is 0 Å². The number of hydrogen-bond donors (Lipinski definition) is 1. The van der Waals surface area contributed by atoms with Crippen LogP contribution in [0.15, 0.2) is 29.2 Å². The molecule has 6 heteroatoms.